The number of amides is 2. The van der Waals surface area contributed by atoms with Crippen LogP contribution in [0.4, 0.5) is 4.79 Å². The van der Waals surface area contributed by atoms with E-state index in [1.807, 2.05) is 36.5 Å². The zero-order valence-corrected chi connectivity index (χ0v) is 15.7. The second kappa shape index (κ2) is 8.36. The molecule has 3 rings (SSSR count). The van der Waals surface area contributed by atoms with Gasteiger partial charge in [-0.05, 0) is 41.7 Å². The molecule has 26 heavy (non-hydrogen) atoms. The van der Waals surface area contributed by atoms with Crippen molar-refractivity contribution in [2.24, 2.45) is 0 Å². The number of aromatic nitrogens is 1. The Hall–Kier alpha value is -2.34. The summed E-state index contributed by atoms with van der Waals surface area (Å²) < 4.78 is 5.83. The Bertz CT molecular complexity index is 790. The SMILES string of the molecule is CC(C)c1cccnc1CCOc1ccc(CC2SC(=O)NC2=O)cc1. The lowest BCUT2D eigenvalue weighted by Gasteiger charge is -2.12. The molecule has 1 aromatic heterocycles. The van der Waals surface area contributed by atoms with Crippen molar-refractivity contribution in [3.05, 3.63) is 59.4 Å². The minimum atomic E-state index is -0.340. The first-order valence-corrected chi connectivity index (χ1v) is 9.58. The summed E-state index contributed by atoms with van der Waals surface area (Å²) in [7, 11) is 0. The van der Waals surface area contributed by atoms with Gasteiger partial charge < -0.3 is 4.74 Å². The van der Waals surface area contributed by atoms with E-state index in [9.17, 15) is 9.59 Å². The van der Waals surface area contributed by atoms with Crippen molar-refractivity contribution >= 4 is 22.9 Å². The molecule has 0 aliphatic carbocycles. The molecule has 136 valence electrons. The molecule has 5 nitrogen and oxygen atoms in total. The molecule has 2 heterocycles. The van der Waals surface area contributed by atoms with E-state index in [1.165, 1.54) is 5.56 Å². The summed E-state index contributed by atoms with van der Waals surface area (Å²) in [5.41, 5.74) is 3.34. The maximum Gasteiger partial charge on any atom is 0.286 e. The standard InChI is InChI=1S/C20H22N2O3S/c1-13(2)16-4-3-10-21-17(16)9-11-25-15-7-5-14(6-8-15)12-18-19(23)22-20(24)26-18/h3-8,10,13,18H,9,11-12H2,1-2H3,(H,22,23,24). The van der Waals surface area contributed by atoms with E-state index in [-0.39, 0.29) is 16.4 Å². The van der Waals surface area contributed by atoms with E-state index in [0.29, 0.717) is 18.9 Å². The molecular formula is C20H22N2O3S. The predicted molar refractivity (Wildman–Crippen MR) is 103 cm³/mol. The van der Waals surface area contributed by atoms with Gasteiger partial charge in [0.25, 0.3) is 5.24 Å². The highest BCUT2D eigenvalue weighted by atomic mass is 32.2. The average Bonchev–Trinajstić information content (AvgIpc) is 2.94. The van der Waals surface area contributed by atoms with Crippen molar-refractivity contribution in [2.75, 3.05) is 6.61 Å². The summed E-state index contributed by atoms with van der Waals surface area (Å²) in [6, 6.07) is 11.8. The van der Waals surface area contributed by atoms with Crippen LogP contribution in [0.2, 0.25) is 0 Å². The van der Waals surface area contributed by atoms with Crippen molar-refractivity contribution in [1.29, 1.82) is 0 Å². The lowest BCUT2D eigenvalue weighted by Crippen LogP contribution is -2.25. The van der Waals surface area contributed by atoms with Crippen LogP contribution in [-0.2, 0) is 17.6 Å². The van der Waals surface area contributed by atoms with Gasteiger partial charge in [-0.2, -0.15) is 0 Å². The van der Waals surface area contributed by atoms with Crippen LogP contribution >= 0.6 is 11.8 Å². The average molecular weight is 370 g/mol. The topological polar surface area (TPSA) is 68.3 Å². The Balaban J connectivity index is 1.52. The summed E-state index contributed by atoms with van der Waals surface area (Å²) in [6.45, 7) is 4.89. The van der Waals surface area contributed by atoms with E-state index < -0.39 is 0 Å². The molecule has 0 radical (unpaired) electrons. The van der Waals surface area contributed by atoms with Gasteiger partial charge in [-0.1, -0.05) is 43.8 Å². The number of nitrogens with one attached hydrogen (secondary N) is 1. The number of rotatable bonds is 7. The minimum Gasteiger partial charge on any atom is -0.493 e. The number of carbonyl (C=O) groups is 2. The minimum absolute atomic E-state index is 0.211. The van der Waals surface area contributed by atoms with E-state index in [2.05, 4.69) is 30.2 Å². The van der Waals surface area contributed by atoms with Gasteiger partial charge in [0.05, 0.1) is 11.9 Å². The van der Waals surface area contributed by atoms with Crippen LogP contribution in [0.3, 0.4) is 0 Å². The van der Waals surface area contributed by atoms with Gasteiger partial charge in [-0.3, -0.25) is 19.9 Å². The first-order valence-electron chi connectivity index (χ1n) is 8.70. The highest BCUT2D eigenvalue weighted by molar-refractivity contribution is 8.15. The van der Waals surface area contributed by atoms with Crippen molar-refractivity contribution in [1.82, 2.24) is 10.3 Å². The Morgan fingerprint density at radius 3 is 2.62 bits per heavy atom. The van der Waals surface area contributed by atoms with Crippen molar-refractivity contribution < 1.29 is 14.3 Å². The van der Waals surface area contributed by atoms with Crippen molar-refractivity contribution in [3.63, 3.8) is 0 Å². The molecule has 6 heteroatoms. The monoisotopic (exact) mass is 370 g/mol. The molecular weight excluding hydrogens is 348 g/mol. The van der Waals surface area contributed by atoms with Crippen molar-refractivity contribution in [3.8, 4) is 5.75 Å². The molecule has 2 amide bonds. The third-order valence-electron chi connectivity index (χ3n) is 4.27. The van der Waals surface area contributed by atoms with Crippen LogP contribution in [0.5, 0.6) is 5.75 Å². The van der Waals surface area contributed by atoms with Gasteiger partial charge in [-0.15, -0.1) is 0 Å². The maximum absolute atomic E-state index is 11.6. The highest BCUT2D eigenvalue weighted by Crippen LogP contribution is 2.24. The number of pyridine rings is 1. The Morgan fingerprint density at radius 1 is 1.19 bits per heavy atom. The zero-order chi connectivity index (χ0) is 18.5. The number of hydrogen-bond acceptors (Lipinski definition) is 5. The number of hydrogen-bond donors (Lipinski definition) is 1. The smallest absolute Gasteiger partial charge is 0.286 e. The number of ether oxygens (including phenoxy) is 1. The Kier molecular flexibility index (Phi) is 5.93. The van der Waals surface area contributed by atoms with Crippen LogP contribution < -0.4 is 10.1 Å². The second-order valence-corrected chi connectivity index (χ2v) is 7.70. The lowest BCUT2D eigenvalue weighted by atomic mass is 10.0. The fourth-order valence-electron chi connectivity index (χ4n) is 2.91. The molecule has 1 unspecified atom stereocenters. The zero-order valence-electron chi connectivity index (χ0n) is 14.9. The van der Waals surface area contributed by atoms with Gasteiger partial charge in [0, 0.05) is 18.3 Å². The first kappa shape index (κ1) is 18.5. The molecule has 1 aromatic carbocycles. The lowest BCUT2D eigenvalue weighted by molar-refractivity contribution is -0.118. The van der Waals surface area contributed by atoms with Crippen LogP contribution in [0.25, 0.3) is 0 Å². The number of thioether (sulfide) groups is 1. The van der Waals surface area contributed by atoms with E-state index in [0.717, 1.165) is 35.2 Å². The van der Waals surface area contributed by atoms with Crippen LogP contribution in [0.1, 0.15) is 36.6 Å². The first-order chi connectivity index (χ1) is 12.5. The maximum atomic E-state index is 11.6. The molecule has 1 aliphatic heterocycles. The summed E-state index contributed by atoms with van der Waals surface area (Å²) in [5, 5.41) is 1.70. The Labute approximate surface area is 157 Å². The predicted octanol–water partition coefficient (Wildman–Crippen LogP) is 3.72. The van der Waals surface area contributed by atoms with Crippen LogP contribution in [0.15, 0.2) is 42.6 Å². The molecule has 1 aliphatic rings. The highest BCUT2D eigenvalue weighted by Gasteiger charge is 2.31. The number of carbonyl (C=O) groups excluding carboxylic acids is 2. The molecule has 1 saturated heterocycles. The largest absolute Gasteiger partial charge is 0.493 e. The molecule has 2 aromatic rings. The van der Waals surface area contributed by atoms with Crippen LogP contribution in [0, 0.1) is 0 Å². The molecule has 0 bridgehead atoms. The van der Waals surface area contributed by atoms with E-state index in [4.69, 9.17) is 4.74 Å². The normalized spacial score (nSPS) is 16.8. The fourth-order valence-corrected chi connectivity index (χ4v) is 3.77. The third kappa shape index (κ3) is 4.64. The van der Waals surface area contributed by atoms with Gasteiger partial charge in [0.2, 0.25) is 5.91 Å². The van der Waals surface area contributed by atoms with Gasteiger partial charge >= 0.3 is 0 Å². The molecule has 1 N–H and O–H groups in total. The molecule has 1 atom stereocenters. The summed E-state index contributed by atoms with van der Waals surface area (Å²) >= 11 is 1.05. The molecule has 0 spiro atoms. The number of nitrogens with zero attached hydrogens (tertiary/aromatic N) is 1. The van der Waals surface area contributed by atoms with Gasteiger partial charge in [0.15, 0.2) is 0 Å². The third-order valence-corrected chi connectivity index (χ3v) is 5.25. The Morgan fingerprint density at radius 2 is 1.96 bits per heavy atom. The number of benzene rings is 1. The summed E-state index contributed by atoms with van der Waals surface area (Å²) in [5.74, 6) is 1.02. The van der Waals surface area contributed by atoms with Gasteiger partial charge in [0.1, 0.15) is 5.75 Å². The number of imide groups is 1. The molecule has 1 fully saturated rings. The van der Waals surface area contributed by atoms with Crippen molar-refractivity contribution in [2.45, 2.75) is 37.9 Å². The quantitative estimate of drug-likeness (QED) is 0.804. The van der Waals surface area contributed by atoms with E-state index >= 15 is 0 Å². The fraction of sp³-hybridized carbons (Fsp3) is 0.350. The molecule has 0 saturated carbocycles. The van der Waals surface area contributed by atoms with Gasteiger partial charge in [-0.25, -0.2) is 0 Å². The summed E-state index contributed by atoms with van der Waals surface area (Å²) in [6.07, 6.45) is 3.11. The second-order valence-electron chi connectivity index (χ2n) is 6.52. The van der Waals surface area contributed by atoms with E-state index in [1.54, 1.807) is 0 Å². The summed E-state index contributed by atoms with van der Waals surface area (Å²) in [4.78, 5) is 27.3. The van der Waals surface area contributed by atoms with Crippen LogP contribution in [-0.4, -0.2) is 28.0 Å².